The maximum Gasteiger partial charge on any atom is 0.419 e. The van der Waals surface area contributed by atoms with E-state index in [1.807, 2.05) is 0 Å². The highest BCUT2D eigenvalue weighted by Gasteiger charge is 2.63. The van der Waals surface area contributed by atoms with E-state index in [1.54, 1.807) is 50.2 Å². The van der Waals surface area contributed by atoms with Crippen LogP contribution in [0.15, 0.2) is 53.5 Å². The van der Waals surface area contributed by atoms with Crippen LogP contribution in [0.4, 0.5) is 18.9 Å². The number of nitrogens with one attached hydrogen (secondary N) is 2. The molecule has 5 nitrogen and oxygen atoms in total. The van der Waals surface area contributed by atoms with Gasteiger partial charge in [0.05, 0.1) is 13.2 Å². The quantitative estimate of drug-likeness (QED) is 0.563. The van der Waals surface area contributed by atoms with Gasteiger partial charge in [0.25, 0.3) is 5.56 Å². The summed E-state index contributed by atoms with van der Waals surface area (Å²) < 4.78 is 48.2. The van der Waals surface area contributed by atoms with Crippen LogP contribution in [0, 0.1) is 0 Å². The van der Waals surface area contributed by atoms with Crippen molar-refractivity contribution < 1.29 is 23.0 Å². The zero-order chi connectivity index (χ0) is 22.6. The summed E-state index contributed by atoms with van der Waals surface area (Å²) in [5.41, 5.74) is -3.00. The smallest absolute Gasteiger partial charge is 0.419 e. The van der Waals surface area contributed by atoms with Crippen LogP contribution >= 0.6 is 0 Å². The van der Waals surface area contributed by atoms with E-state index in [9.17, 15) is 23.1 Å². The molecule has 1 heterocycles. The van der Waals surface area contributed by atoms with Crippen molar-refractivity contribution in [2.24, 2.45) is 0 Å². The molecule has 31 heavy (non-hydrogen) atoms. The van der Waals surface area contributed by atoms with Gasteiger partial charge in [0.1, 0.15) is 5.75 Å². The van der Waals surface area contributed by atoms with Crippen LogP contribution in [0.5, 0.6) is 5.75 Å². The molecule has 8 heteroatoms. The Labute approximate surface area is 176 Å². The Morgan fingerprint density at radius 2 is 1.90 bits per heavy atom. The van der Waals surface area contributed by atoms with Crippen LogP contribution in [0.2, 0.25) is 0 Å². The van der Waals surface area contributed by atoms with Crippen molar-refractivity contribution in [1.82, 2.24) is 4.98 Å². The van der Waals surface area contributed by atoms with Gasteiger partial charge in [-0.1, -0.05) is 26.0 Å². The third-order valence-corrected chi connectivity index (χ3v) is 6.09. The van der Waals surface area contributed by atoms with E-state index in [0.29, 0.717) is 33.3 Å². The summed E-state index contributed by atoms with van der Waals surface area (Å²) in [4.78, 5) is 14.7. The number of halogens is 3. The van der Waals surface area contributed by atoms with Crippen molar-refractivity contribution in [2.45, 2.75) is 43.5 Å². The summed E-state index contributed by atoms with van der Waals surface area (Å²) in [6.45, 7) is 3.37. The van der Waals surface area contributed by atoms with Crippen molar-refractivity contribution in [1.29, 1.82) is 0 Å². The van der Waals surface area contributed by atoms with Gasteiger partial charge in [0.15, 0.2) is 5.60 Å². The van der Waals surface area contributed by atoms with E-state index in [4.69, 9.17) is 4.74 Å². The molecule has 2 atom stereocenters. The molecule has 0 bridgehead atoms. The minimum Gasteiger partial charge on any atom is -0.497 e. The van der Waals surface area contributed by atoms with Gasteiger partial charge in [-0.25, -0.2) is 0 Å². The second kappa shape index (κ2) is 7.02. The summed E-state index contributed by atoms with van der Waals surface area (Å²) in [7, 11) is 1.44. The van der Waals surface area contributed by atoms with Crippen LogP contribution in [-0.2, 0) is 5.41 Å². The molecule has 164 valence electrons. The van der Waals surface area contributed by atoms with Crippen LogP contribution < -0.4 is 15.6 Å². The number of hydrogen-bond acceptors (Lipinski definition) is 4. The molecule has 3 N–H and O–H groups in total. The lowest BCUT2D eigenvalue weighted by molar-refractivity contribution is -0.275. The molecule has 1 aliphatic rings. The lowest BCUT2D eigenvalue weighted by atomic mass is 9.63. The monoisotopic (exact) mass is 432 g/mol. The first-order chi connectivity index (χ1) is 14.5. The largest absolute Gasteiger partial charge is 0.497 e. The fourth-order valence-electron chi connectivity index (χ4n) is 4.61. The average Bonchev–Trinajstić information content (AvgIpc) is 2.70. The molecule has 0 saturated carbocycles. The fraction of sp³-hybridized carbons (Fsp3) is 0.348. The molecule has 0 fully saturated rings. The molecular formula is C23H23F3N2O3. The van der Waals surface area contributed by atoms with Gasteiger partial charge in [0, 0.05) is 22.7 Å². The van der Waals surface area contributed by atoms with Crippen molar-refractivity contribution in [3.05, 3.63) is 70.1 Å². The number of ether oxygens (including phenoxy) is 1. The maximum atomic E-state index is 14.3. The van der Waals surface area contributed by atoms with Gasteiger partial charge in [-0.15, -0.1) is 0 Å². The minimum atomic E-state index is -4.90. The highest BCUT2D eigenvalue weighted by molar-refractivity contribution is 5.93. The second-order valence-electron chi connectivity index (χ2n) is 8.59. The molecule has 0 radical (unpaired) electrons. The second-order valence-corrected chi connectivity index (χ2v) is 8.59. The number of H-pyrrole nitrogens is 1. The zero-order valence-corrected chi connectivity index (χ0v) is 17.3. The zero-order valence-electron chi connectivity index (χ0n) is 17.3. The Morgan fingerprint density at radius 3 is 2.58 bits per heavy atom. The lowest BCUT2D eigenvalue weighted by Crippen LogP contribution is -2.58. The van der Waals surface area contributed by atoms with Crippen molar-refractivity contribution in [3.8, 4) is 5.75 Å². The summed E-state index contributed by atoms with van der Waals surface area (Å²) >= 11 is 0. The number of rotatable bonds is 3. The summed E-state index contributed by atoms with van der Waals surface area (Å²) in [5, 5.41) is 14.8. The molecule has 0 saturated heterocycles. The van der Waals surface area contributed by atoms with Gasteiger partial charge in [-0.3, -0.25) is 4.79 Å². The standard InChI is InChI=1S/C23H23F3N2O3/c1-21(2)12-22(30,23(24,25)26)19(16-11-13(31-3)7-8-17(16)21)28-18-6-4-5-15-14(18)9-10-27-20(15)29/h4-11,19,28,30H,12H2,1-3H3,(H,27,29). The molecule has 0 amide bonds. The number of hydrogen-bond donors (Lipinski definition) is 3. The van der Waals surface area contributed by atoms with Crippen LogP contribution in [0.1, 0.15) is 37.4 Å². The molecule has 1 aliphatic carbocycles. The first-order valence-corrected chi connectivity index (χ1v) is 9.82. The van der Waals surface area contributed by atoms with Crippen molar-refractivity contribution in [3.63, 3.8) is 0 Å². The third-order valence-electron chi connectivity index (χ3n) is 6.09. The number of aliphatic hydroxyl groups is 1. The van der Waals surface area contributed by atoms with Crippen LogP contribution in [0.3, 0.4) is 0 Å². The molecule has 2 unspecified atom stereocenters. The lowest BCUT2D eigenvalue weighted by Gasteiger charge is -2.49. The average molecular weight is 432 g/mol. The van der Waals surface area contributed by atoms with Crippen LogP contribution in [0.25, 0.3) is 10.8 Å². The van der Waals surface area contributed by atoms with Gasteiger partial charge in [-0.05, 0) is 53.3 Å². The van der Waals surface area contributed by atoms with Gasteiger partial charge < -0.3 is 20.1 Å². The number of pyridine rings is 1. The van der Waals surface area contributed by atoms with E-state index in [1.165, 1.54) is 19.4 Å². The highest BCUT2D eigenvalue weighted by Crippen LogP contribution is 2.55. The minimum absolute atomic E-state index is 0.303. The Kier molecular flexibility index (Phi) is 4.81. The SMILES string of the molecule is COc1ccc2c(c1)C(Nc1cccc3c(=O)[nH]ccc13)C(O)(C(F)(F)F)CC2(C)C. The number of benzene rings is 2. The maximum absolute atomic E-state index is 14.3. The molecule has 1 aromatic heterocycles. The molecule has 4 rings (SSSR count). The molecule has 0 spiro atoms. The van der Waals surface area contributed by atoms with Crippen LogP contribution in [-0.4, -0.2) is 29.0 Å². The first kappa shape index (κ1) is 21.2. The molecule has 2 aromatic carbocycles. The number of alkyl halides is 3. The molecular weight excluding hydrogens is 409 g/mol. The first-order valence-electron chi connectivity index (χ1n) is 9.82. The van der Waals surface area contributed by atoms with E-state index in [0.717, 1.165) is 0 Å². The third kappa shape index (κ3) is 3.35. The Bertz CT molecular complexity index is 1200. The predicted molar refractivity (Wildman–Crippen MR) is 113 cm³/mol. The molecule has 3 aromatic rings. The van der Waals surface area contributed by atoms with E-state index in [2.05, 4.69) is 10.3 Å². The topological polar surface area (TPSA) is 74.3 Å². The van der Waals surface area contributed by atoms with E-state index >= 15 is 0 Å². The summed E-state index contributed by atoms with van der Waals surface area (Å²) in [6, 6.07) is 9.86. The Hall–Kier alpha value is -3.00. The van der Waals surface area contributed by atoms with Gasteiger partial charge in [0.2, 0.25) is 0 Å². The summed E-state index contributed by atoms with van der Waals surface area (Å²) in [5.74, 6) is 0.391. The number of methoxy groups -OCH3 is 1. The van der Waals surface area contributed by atoms with Gasteiger partial charge in [-0.2, -0.15) is 13.2 Å². The number of fused-ring (bicyclic) bond motifs is 2. The fourth-order valence-corrected chi connectivity index (χ4v) is 4.61. The van der Waals surface area contributed by atoms with E-state index in [-0.39, 0.29) is 5.56 Å². The van der Waals surface area contributed by atoms with Gasteiger partial charge >= 0.3 is 6.18 Å². The Morgan fingerprint density at radius 1 is 1.16 bits per heavy atom. The highest BCUT2D eigenvalue weighted by atomic mass is 19.4. The van der Waals surface area contributed by atoms with E-state index < -0.39 is 29.7 Å². The predicted octanol–water partition coefficient (Wildman–Crippen LogP) is 4.66. The molecule has 0 aliphatic heterocycles. The number of aromatic amines is 1. The number of anilines is 1. The van der Waals surface area contributed by atoms with Crippen molar-refractivity contribution >= 4 is 16.5 Å². The normalized spacial score (nSPS) is 22.7. The number of aromatic nitrogens is 1. The van der Waals surface area contributed by atoms with Crippen molar-refractivity contribution in [2.75, 3.05) is 12.4 Å². The summed E-state index contributed by atoms with van der Waals surface area (Å²) in [6.07, 6.45) is -3.98. The Balaban J connectivity index is 1.96.